The van der Waals surface area contributed by atoms with Gasteiger partial charge in [-0.25, -0.2) is 0 Å². The molecule has 0 aromatic heterocycles. The van der Waals surface area contributed by atoms with Gasteiger partial charge in [-0.05, 0) is 27.7 Å². The maximum Gasteiger partial charge on any atom is 0.235 e. The Morgan fingerprint density at radius 2 is 2.21 bits per heavy atom. The number of ether oxygens (including phenoxy) is 1. The molecule has 0 N–H and O–H groups in total. The number of hydrogen-bond donors (Lipinski definition) is 1. The van der Waals surface area contributed by atoms with Crippen LogP contribution in [-0.4, -0.2) is 40.9 Å². The molecule has 82 valence electrons. The van der Waals surface area contributed by atoms with Crippen LogP contribution in [-0.2, 0) is 9.53 Å². The topological polar surface area (TPSA) is 29.5 Å². The van der Waals surface area contributed by atoms with Gasteiger partial charge in [0.15, 0.2) is 0 Å². The fourth-order valence-corrected chi connectivity index (χ4v) is 2.05. The third kappa shape index (κ3) is 2.89. The molecule has 0 aromatic carbocycles. The number of morpholine rings is 1. The van der Waals surface area contributed by atoms with Crippen LogP contribution in [0.2, 0.25) is 0 Å². The molecule has 0 aromatic rings. The van der Waals surface area contributed by atoms with Crippen LogP contribution in [0.4, 0.5) is 0 Å². The van der Waals surface area contributed by atoms with Crippen molar-refractivity contribution >= 4 is 18.5 Å². The zero-order valence-corrected chi connectivity index (χ0v) is 10.2. The van der Waals surface area contributed by atoms with Crippen LogP contribution in [0.25, 0.3) is 0 Å². The monoisotopic (exact) mass is 217 g/mol. The van der Waals surface area contributed by atoms with Crippen LogP contribution < -0.4 is 0 Å². The second kappa shape index (κ2) is 4.11. The summed E-state index contributed by atoms with van der Waals surface area (Å²) in [5.74, 6) is 0.0940. The van der Waals surface area contributed by atoms with Gasteiger partial charge in [0.25, 0.3) is 0 Å². The van der Waals surface area contributed by atoms with Crippen LogP contribution >= 0.6 is 12.6 Å². The molecular formula is C10H19NO2S. The van der Waals surface area contributed by atoms with E-state index in [0.717, 1.165) is 0 Å². The minimum atomic E-state index is -0.240. The number of nitrogens with zero attached hydrogens (tertiary/aromatic N) is 1. The van der Waals surface area contributed by atoms with Gasteiger partial charge in [-0.3, -0.25) is 4.79 Å². The number of thiol groups is 1. The van der Waals surface area contributed by atoms with Gasteiger partial charge in [0.2, 0.25) is 5.91 Å². The molecule has 1 fully saturated rings. The highest BCUT2D eigenvalue weighted by atomic mass is 32.1. The van der Waals surface area contributed by atoms with Crippen LogP contribution in [0.3, 0.4) is 0 Å². The molecule has 3 nitrogen and oxygen atoms in total. The van der Waals surface area contributed by atoms with Gasteiger partial charge in [0.05, 0.1) is 17.0 Å². The summed E-state index contributed by atoms with van der Waals surface area (Å²) in [6, 6.07) is 0. The average Bonchev–Trinajstić information content (AvgIpc) is 1.98. The van der Waals surface area contributed by atoms with Gasteiger partial charge >= 0.3 is 0 Å². The Hall–Kier alpha value is -0.220. The molecule has 1 heterocycles. The molecular weight excluding hydrogens is 198 g/mol. The Balaban J connectivity index is 2.67. The number of amides is 1. The molecule has 1 aliphatic heterocycles. The standard InChI is InChI=1S/C10H19NO2S/c1-7-5-11(9(12)8(2)14)6-10(3,4)13-7/h7-8,14H,5-6H2,1-4H3. The van der Waals surface area contributed by atoms with Gasteiger partial charge < -0.3 is 9.64 Å². The molecule has 0 bridgehead atoms. The van der Waals surface area contributed by atoms with Crippen molar-refractivity contribution in [1.29, 1.82) is 0 Å². The van der Waals surface area contributed by atoms with Crippen molar-refractivity contribution in [2.24, 2.45) is 0 Å². The van der Waals surface area contributed by atoms with Crippen molar-refractivity contribution in [1.82, 2.24) is 4.90 Å². The molecule has 1 amide bonds. The Kier molecular flexibility index (Phi) is 3.48. The van der Waals surface area contributed by atoms with Gasteiger partial charge in [-0.1, -0.05) is 0 Å². The van der Waals surface area contributed by atoms with Crippen LogP contribution in [0, 0.1) is 0 Å². The van der Waals surface area contributed by atoms with Crippen molar-refractivity contribution in [3.63, 3.8) is 0 Å². The first-order valence-corrected chi connectivity index (χ1v) is 5.48. The summed E-state index contributed by atoms with van der Waals surface area (Å²) >= 11 is 4.16. The molecule has 1 aliphatic rings. The Bertz CT molecular complexity index is 228. The minimum absolute atomic E-state index is 0.0940. The highest BCUT2D eigenvalue weighted by Gasteiger charge is 2.34. The fraction of sp³-hybridized carbons (Fsp3) is 0.900. The second-order valence-corrected chi connectivity index (χ2v) is 5.36. The lowest BCUT2D eigenvalue weighted by Gasteiger charge is -2.42. The first kappa shape index (κ1) is 11.9. The van der Waals surface area contributed by atoms with Crippen LogP contribution in [0.1, 0.15) is 27.7 Å². The van der Waals surface area contributed by atoms with Gasteiger partial charge in [0.1, 0.15) is 0 Å². The summed E-state index contributed by atoms with van der Waals surface area (Å²) in [6.45, 7) is 9.13. The molecule has 14 heavy (non-hydrogen) atoms. The quantitative estimate of drug-likeness (QED) is 0.672. The zero-order valence-electron chi connectivity index (χ0n) is 9.28. The smallest absolute Gasteiger partial charge is 0.235 e. The Morgan fingerprint density at radius 3 is 2.64 bits per heavy atom. The highest BCUT2D eigenvalue weighted by molar-refractivity contribution is 7.81. The zero-order chi connectivity index (χ0) is 10.9. The van der Waals surface area contributed by atoms with E-state index in [-0.39, 0.29) is 22.9 Å². The number of hydrogen-bond acceptors (Lipinski definition) is 3. The molecule has 0 radical (unpaired) electrons. The molecule has 0 saturated carbocycles. The van der Waals surface area contributed by atoms with E-state index >= 15 is 0 Å². The summed E-state index contributed by atoms with van der Waals surface area (Å²) in [4.78, 5) is 13.6. The van der Waals surface area contributed by atoms with Crippen LogP contribution in [0.5, 0.6) is 0 Å². The van der Waals surface area contributed by atoms with E-state index in [2.05, 4.69) is 12.6 Å². The van der Waals surface area contributed by atoms with Gasteiger partial charge in [-0.15, -0.1) is 0 Å². The lowest BCUT2D eigenvalue weighted by Crippen LogP contribution is -2.55. The highest BCUT2D eigenvalue weighted by Crippen LogP contribution is 2.21. The second-order valence-electron chi connectivity index (χ2n) is 4.58. The van der Waals surface area contributed by atoms with E-state index in [1.54, 1.807) is 6.92 Å². The van der Waals surface area contributed by atoms with Crippen molar-refractivity contribution in [3.05, 3.63) is 0 Å². The third-order valence-corrected chi connectivity index (χ3v) is 2.46. The van der Waals surface area contributed by atoms with E-state index in [9.17, 15) is 4.79 Å². The molecule has 1 saturated heterocycles. The number of rotatable bonds is 1. The number of carbonyl (C=O) groups is 1. The lowest BCUT2D eigenvalue weighted by atomic mass is 10.1. The lowest BCUT2D eigenvalue weighted by molar-refractivity contribution is -0.157. The Labute approximate surface area is 91.2 Å². The first-order valence-electron chi connectivity index (χ1n) is 4.96. The van der Waals surface area contributed by atoms with E-state index in [4.69, 9.17) is 4.74 Å². The minimum Gasteiger partial charge on any atom is -0.369 e. The van der Waals surface area contributed by atoms with Gasteiger partial charge in [0, 0.05) is 13.1 Å². The first-order chi connectivity index (χ1) is 6.32. The molecule has 0 spiro atoms. The predicted molar refractivity (Wildman–Crippen MR) is 59.7 cm³/mol. The molecule has 1 rings (SSSR count). The van der Waals surface area contributed by atoms with E-state index in [1.807, 2.05) is 25.7 Å². The van der Waals surface area contributed by atoms with Crippen LogP contribution in [0.15, 0.2) is 0 Å². The summed E-state index contributed by atoms with van der Waals surface area (Å²) in [6.07, 6.45) is 0.106. The largest absolute Gasteiger partial charge is 0.369 e. The van der Waals surface area contributed by atoms with Crippen molar-refractivity contribution < 1.29 is 9.53 Å². The normalized spacial score (nSPS) is 28.6. The predicted octanol–water partition coefficient (Wildman–Crippen LogP) is 1.33. The summed E-state index contributed by atoms with van der Waals surface area (Å²) < 4.78 is 5.71. The van der Waals surface area contributed by atoms with Gasteiger partial charge in [-0.2, -0.15) is 12.6 Å². The maximum atomic E-state index is 11.7. The SMILES string of the molecule is CC1CN(C(=O)C(C)S)CC(C)(C)O1. The van der Waals surface area contributed by atoms with E-state index < -0.39 is 0 Å². The van der Waals surface area contributed by atoms with Crippen molar-refractivity contribution in [2.45, 2.75) is 44.6 Å². The van der Waals surface area contributed by atoms with Crippen molar-refractivity contribution in [2.75, 3.05) is 13.1 Å². The Morgan fingerprint density at radius 1 is 1.64 bits per heavy atom. The average molecular weight is 217 g/mol. The summed E-state index contributed by atoms with van der Waals surface area (Å²) in [5.41, 5.74) is -0.240. The molecule has 2 unspecified atom stereocenters. The summed E-state index contributed by atoms with van der Waals surface area (Å²) in [5, 5.41) is -0.226. The molecule has 0 aliphatic carbocycles. The third-order valence-electron chi connectivity index (χ3n) is 2.24. The molecule has 4 heteroatoms. The maximum absolute atomic E-state index is 11.7. The van der Waals surface area contributed by atoms with Crippen molar-refractivity contribution in [3.8, 4) is 0 Å². The number of carbonyl (C=O) groups excluding carboxylic acids is 1. The molecule has 2 atom stereocenters. The fourth-order valence-electron chi connectivity index (χ4n) is 1.89. The summed E-state index contributed by atoms with van der Waals surface area (Å²) in [7, 11) is 0. The van der Waals surface area contributed by atoms with E-state index in [1.165, 1.54) is 0 Å². The van der Waals surface area contributed by atoms with E-state index in [0.29, 0.717) is 13.1 Å².